The minimum Gasteiger partial charge on any atom is -0.305 e. The van der Waals surface area contributed by atoms with E-state index < -0.39 is 0 Å². The SMILES string of the molecule is [Ir].[c-]1c(-c2ccccn2)cc2c3c1CCc1cccc(c1-3)CC2.[c-]1ccc(-c2ccccc2)cc1-c1cc(-c2ccccc2)ccn1. The van der Waals surface area contributed by atoms with E-state index in [1.54, 1.807) is 0 Å². The van der Waals surface area contributed by atoms with Crippen molar-refractivity contribution >= 4 is 0 Å². The van der Waals surface area contributed by atoms with Crippen molar-refractivity contribution in [2.75, 3.05) is 0 Å². The van der Waals surface area contributed by atoms with E-state index in [-0.39, 0.29) is 20.1 Å². The summed E-state index contributed by atoms with van der Waals surface area (Å²) in [5.41, 5.74) is 17.8. The van der Waals surface area contributed by atoms with E-state index in [1.165, 1.54) is 55.6 Å². The molecule has 2 nitrogen and oxygen atoms in total. The molecule has 7 aromatic rings. The first-order valence-electron chi connectivity index (χ1n) is 16.0. The van der Waals surface area contributed by atoms with Gasteiger partial charge in [-0.2, -0.15) is 0 Å². The molecule has 229 valence electrons. The molecule has 2 heterocycles. The van der Waals surface area contributed by atoms with E-state index in [0.29, 0.717) is 0 Å². The molecule has 0 unspecified atom stereocenters. The zero-order chi connectivity index (χ0) is 30.7. The molecule has 0 fully saturated rings. The fourth-order valence-corrected chi connectivity index (χ4v) is 6.79. The van der Waals surface area contributed by atoms with E-state index in [9.17, 15) is 0 Å². The second kappa shape index (κ2) is 13.8. The van der Waals surface area contributed by atoms with Gasteiger partial charge in [0, 0.05) is 32.5 Å². The molecular formula is C44H32IrN2-2. The molecule has 9 rings (SSSR count). The van der Waals surface area contributed by atoms with E-state index >= 15 is 0 Å². The first-order valence-corrected chi connectivity index (χ1v) is 16.0. The van der Waals surface area contributed by atoms with Crippen molar-refractivity contribution in [1.29, 1.82) is 0 Å². The summed E-state index contributed by atoms with van der Waals surface area (Å²) in [5.74, 6) is 0. The Morgan fingerprint density at radius 1 is 0.447 bits per heavy atom. The van der Waals surface area contributed by atoms with Crippen LogP contribution in [0.4, 0.5) is 0 Å². The molecule has 0 aliphatic heterocycles. The molecule has 1 radical (unpaired) electrons. The molecule has 5 aromatic carbocycles. The summed E-state index contributed by atoms with van der Waals surface area (Å²) in [6.07, 6.45) is 8.24. The van der Waals surface area contributed by atoms with Crippen LogP contribution in [0.15, 0.2) is 146 Å². The minimum atomic E-state index is 0. The number of rotatable bonds is 4. The summed E-state index contributed by atoms with van der Waals surface area (Å²) >= 11 is 0. The molecule has 3 heteroatoms. The van der Waals surface area contributed by atoms with Gasteiger partial charge in [-0.1, -0.05) is 108 Å². The van der Waals surface area contributed by atoms with Gasteiger partial charge >= 0.3 is 0 Å². The van der Waals surface area contributed by atoms with Crippen LogP contribution in [0.25, 0.3) is 55.9 Å². The third kappa shape index (κ3) is 6.38. The molecule has 0 amide bonds. The van der Waals surface area contributed by atoms with Crippen molar-refractivity contribution in [3.05, 3.63) is 180 Å². The summed E-state index contributed by atoms with van der Waals surface area (Å²) in [4.78, 5) is 9.04. The molecule has 0 atom stereocenters. The molecule has 2 aliphatic rings. The topological polar surface area (TPSA) is 25.8 Å². The Morgan fingerprint density at radius 2 is 1.11 bits per heavy atom. The van der Waals surface area contributed by atoms with E-state index in [4.69, 9.17) is 0 Å². The molecule has 0 spiro atoms. The van der Waals surface area contributed by atoms with Crippen LogP contribution in [0.5, 0.6) is 0 Å². The zero-order valence-corrected chi connectivity index (χ0v) is 28.3. The second-order valence-electron chi connectivity index (χ2n) is 11.9. The van der Waals surface area contributed by atoms with E-state index in [1.807, 2.05) is 42.7 Å². The van der Waals surface area contributed by atoms with Crippen molar-refractivity contribution < 1.29 is 20.1 Å². The van der Waals surface area contributed by atoms with Crippen molar-refractivity contribution in [3.63, 3.8) is 0 Å². The van der Waals surface area contributed by atoms with Gasteiger partial charge in [-0.25, -0.2) is 0 Å². The number of aryl methyl sites for hydroxylation is 4. The van der Waals surface area contributed by atoms with Crippen LogP contribution in [0.3, 0.4) is 0 Å². The third-order valence-electron chi connectivity index (χ3n) is 9.01. The van der Waals surface area contributed by atoms with Gasteiger partial charge in [0.15, 0.2) is 0 Å². The molecule has 0 bridgehead atoms. The summed E-state index contributed by atoms with van der Waals surface area (Å²) in [7, 11) is 0. The number of benzene rings is 5. The van der Waals surface area contributed by atoms with Crippen molar-refractivity contribution in [2.24, 2.45) is 0 Å². The van der Waals surface area contributed by atoms with Crippen LogP contribution in [-0.4, -0.2) is 9.97 Å². The number of hydrogen-bond acceptors (Lipinski definition) is 2. The average Bonchev–Trinajstić information content (AvgIpc) is 3.15. The van der Waals surface area contributed by atoms with Gasteiger partial charge in [0.2, 0.25) is 0 Å². The molecule has 0 saturated heterocycles. The van der Waals surface area contributed by atoms with Crippen LogP contribution in [0, 0.1) is 12.1 Å². The summed E-state index contributed by atoms with van der Waals surface area (Å²) in [6, 6.07) is 53.3. The number of aromatic nitrogens is 2. The smallest absolute Gasteiger partial charge is 0.0166 e. The van der Waals surface area contributed by atoms with Gasteiger partial charge in [-0.05, 0) is 77.0 Å². The van der Waals surface area contributed by atoms with Crippen LogP contribution in [0.1, 0.15) is 22.3 Å². The minimum absolute atomic E-state index is 0. The van der Waals surface area contributed by atoms with Crippen LogP contribution in [0.2, 0.25) is 0 Å². The molecular weight excluding hydrogens is 749 g/mol. The standard InChI is InChI=1S/C23H16N.C21H16N.Ir/c1-3-8-18(9-4-1)20-12-7-13-22(16-20)23-17-21(14-15-24-23)19-10-5-2-6-11-19;1-2-11-22-19(6-1)18-12-16-9-7-14-4-3-5-15-8-10-17(13-18)21(16)20(14)15;/h1-12,14-17H;1-6,11-12H,7-10H2;/q2*-1;. The summed E-state index contributed by atoms with van der Waals surface area (Å²) in [5, 5.41) is 0. The van der Waals surface area contributed by atoms with E-state index in [0.717, 1.165) is 48.2 Å². The fourth-order valence-electron chi connectivity index (χ4n) is 6.79. The van der Waals surface area contributed by atoms with Gasteiger partial charge in [-0.3, -0.25) is 0 Å². The predicted molar refractivity (Wildman–Crippen MR) is 188 cm³/mol. The maximum atomic E-state index is 4.54. The largest absolute Gasteiger partial charge is 0.305 e. The Bertz CT molecular complexity index is 2010. The summed E-state index contributed by atoms with van der Waals surface area (Å²) < 4.78 is 0. The van der Waals surface area contributed by atoms with Crippen molar-refractivity contribution in [1.82, 2.24) is 9.97 Å². The van der Waals surface area contributed by atoms with Gasteiger partial charge < -0.3 is 9.97 Å². The van der Waals surface area contributed by atoms with Gasteiger partial charge in [0.25, 0.3) is 0 Å². The van der Waals surface area contributed by atoms with Gasteiger partial charge in [0.1, 0.15) is 0 Å². The maximum Gasteiger partial charge on any atom is 0.0166 e. The third-order valence-corrected chi connectivity index (χ3v) is 9.01. The van der Waals surface area contributed by atoms with Crippen molar-refractivity contribution in [2.45, 2.75) is 25.7 Å². The zero-order valence-electron chi connectivity index (χ0n) is 25.9. The molecule has 47 heavy (non-hydrogen) atoms. The van der Waals surface area contributed by atoms with Crippen LogP contribution in [-0.2, 0) is 45.8 Å². The second-order valence-corrected chi connectivity index (χ2v) is 11.9. The van der Waals surface area contributed by atoms with E-state index in [2.05, 4.69) is 125 Å². The normalized spacial score (nSPS) is 12.2. The molecule has 0 saturated carbocycles. The van der Waals surface area contributed by atoms with Gasteiger partial charge in [-0.15, -0.1) is 64.2 Å². The van der Waals surface area contributed by atoms with Gasteiger partial charge in [0.05, 0.1) is 0 Å². The molecule has 2 aliphatic carbocycles. The number of nitrogens with zero attached hydrogens (tertiary/aromatic N) is 2. The molecule has 0 N–H and O–H groups in total. The first kappa shape index (κ1) is 30.7. The van der Waals surface area contributed by atoms with Crippen molar-refractivity contribution in [3.8, 4) is 55.9 Å². The summed E-state index contributed by atoms with van der Waals surface area (Å²) in [6.45, 7) is 0. The Balaban J connectivity index is 0.000000147. The monoisotopic (exact) mass is 781 g/mol. The Kier molecular flexibility index (Phi) is 9.02. The molecule has 2 aromatic heterocycles. The predicted octanol–water partition coefficient (Wildman–Crippen LogP) is 10.3. The Labute approximate surface area is 290 Å². The number of hydrogen-bond donors (Lipinski definition) is 0. The average molecular weight is 781 g/mol. The first-order chi connectivity index (χ1) is 22.8. The van der Waals surface area contributed by atoms with Crippen LogP contribution >= 0.6 is 0 Å². The Morgan fingerprint density at radius 3 is 1.83 bits per heavy atom. The maximum absolute atomic E-state index is 4.54. The fraction of sp³-hybridized carbons (Fsp3) is 0.0909. The van der Waals surface area contributed by atoms with Crippen LogP contribution < -0.4 is 0 Å². The quantitative estimate of drug-likeness (QED) is 0.166. The number of pyridine rings is 2. The Hall–Kier alpha value is -4.95.